The van der Waals surface area contributed by atoms with E-state index in [0.29, 0.717) is 30.1 Å². The van der Waals surface area contributed by atoms with Crippen LogP contribution in [0, 0.1) is 24.2 Å². The van der Waals surface area contributed by atoms with Crippen LogP contribution in [-0.4, -0.2) is 22.3 Å². The Kier molecular flexibility index (Phi) is 5.79. The first-order valence-electron chi connectivity index (χ1n) is 7.70. The molecule has 1 unspecified atom stereocenters. The third kappa shape index (κ3) is 4.26. The van der Waals surface area contributed by atoms with Gasteiger partial charge in [-0.2, -0.15) is 10.4 Å². The molecule has 0 saturated heterocycles. The van der Waals surface area contributed by atoms with Crippen LogP contribution in [0.2, 0.25) is 0 Å². The number of nitrogens with one attached hydrogen (secondary N) is 2. The van der Waals surface area contributed by atoms with Crippen molar-refractivity contribution in [3.05, 3.63) is 41.6 Å². The molecule has 126 valence electrons. The van der Waals surface area contributed by atoms with Crippen molar-refractivity contribution in [1.82, 2.24) is 15.2 Å². The lowest BCUT2D eigenvalue weighted by Crippen LogP contribution is -2.35. The first-order chi connectivity index (χ1) is 11.5. The molecule has 0 aliphatic heterocycles. The summed E-state index contributed by atoms with van der Waals surface area (Å²) in [6.07, 6.45) is 0.581. The van der Waals surface area contributed by atoms with Crippen LogP contribution in [0.3, 0.4) is 0 Å². The predicted octanol–water partition coefficient (Wildman–Crippen LogP) is 2.15. The Morgan fingerprint density at radius 2 is 2.12 bits per heavy atom. The van der Waals surface area contributed by atoms with E-state index in [0.717, 1.165) is 5.75 Å². The Morgan fingerprint density at radius 3 is 2.79 bits per heavy atom. The van der Waals surface area contributed by atoms with Gasteiger partial charge in [-0.05, 0) is 25.5 Å². The Balaban J connectivity index is 1.81. The molecule has 7 nitrogen and oxygen atoms in total. The quantitative estimate of drug-likeness (QED) is 0.760. The summed E-state index contributed by atoms with van der Waals surface area (Å²) >= 11 is 0. The molecule has 1 atom stereocenters. The predicted molar refractivity (Wildman–Crippen MR) is 90.1 cm³/mol. The largest absolute Gasteiger partial charge is 0.494 e. The summed E-state index contributed by atoms with van der Waals surface area (Å²) in [7, 11) is 1.71. The van der Waals surface area contributed by atoms with Gasteiger partial charge in [-0.25, -0.2) is 0 Å². The Morgan fingerprint density at radius 1 is 1.42 bits per heavy atom. The Hall–Kier alpha value is -3.01. The number of hydrogen-bond acceptors (Lipinski definition) is 5. The number of hydrogen-bond donors (Lipinski definition) is 2. The summed E-state index contributed by atoms with van der Waals surface area (Å²) in [5.41, 5.74) is 6.43. The summed E-state index contributed by atoms with van der Waals surface area (Å²) in [5, 5.41) is 13.3. The molecule has 1 aromatic carbocycles. The van der Waals surface area contributed by atoms with Crippen molar-refractivity contribution in [3.8, 4) is 11.8 Å². The molecular formula is C17H21N5O2. The van der Waals surface area contributed by atoms with Crippen molar-refractivity contribution in [3.63, 3.8) is 0 Å². The van der Waals surface area contributed by atoms with Gasteiger partial charge in [0.1, 0.15) is 17.4 Å². The summed E-state index contributed by atoms with van der Waals surface area (Å²) in [6.45, 7) is 4.02. The van der Waals surface area contributed by atoms with E-state index in [1.165, 1.54) is 4.68 Å². The maximum atomic E-state index is 12.1. The lowest BCUT2D eigenvalue weighted by molar-refractivity contribution is -0.124. The van der Waals surface area contributed by atoms with Crippen LogP contribution in [0.5, 0.6) is 5.75 Å². The van der Waals surface area contributed by atoms with Gasteiger partial charge in [0.25, 0.3) is 0 Å². The molecular weight excluding hydrogens is 306 g/mol. The molecule has 2 rings (SSSR count). The highest BCUT2D eigenvalue weighted by Crippen LogP contribution is 2.16. The molecule has 0 spiro atoms. The number of aryl methyl sites for hydroxylation is 2. The summed E-state index contributed by atoms with van der Waals surface area (Å²) in [6, 6.07) is 11.5. The van der Waals surface area contributed by atoms with E-state index in [1.807, 2.05) is 37.3 Å². The zero-order valence-electron chi connectivity index (χ0n) is 14.0. The third-order valence-corrected chi connectivity index (χ3v) is 3.65. The Bertz CT molecular complexity index is 733. The molecule has 0 aliphatic carbocycles. The molecule has 0 fully saturated rings. The molecule has 1 aromatic heterocycles. The minimum atomic E-state index is -0.235. The van der Waals surface area contributed by atoms with Gasteiger partial charge in [0, 0.05) is 13.0 Å². The molecule has 0 aliphatic rings. The monoisotopic (exact) mass is 327 g/mol. The lowest BCUT2D eigenvalue weighted by atomic mass is 10.1. The number of benzene rings is 1. The standard InChI is InChI=1S/C17H21N5O2/c1-12(9-10-24-14-7-5-4-6-8-14)17(23)20-19-16-15(11-18)13(2)21-22(16)3/h4-8,12,19H,9-10H2,1-3H3,(H,20,23). The van der Waals surface area contributed by atoms with Crippen molar-refractivity contribution in [2.45, 2.75) is 20.3 Å². The number of nitriles is 1. The Labute approximate surface area is 141 Å². The van der Waals surface area contributed by atoms with E-state index in [-0.39, 0.29) is 11.8 Å². The summed E-state index contributed by atoms with van der Waals surface area (Å²) in [5.74, 6) is 0.846. The average molecular weight is 327 g/mol. The van der Waals surface area contributed by atoms with Gasteiger partial charge in [-0.1, -0.05) is 25.1 Å². The highest BCUT2D eigenvalue weighted by molar-refractivity contribution is 5.79. The number of para-hydroxylation sites is 1. The zero-order chi connectivity index (χ0) is 17.5. The molecule has 1 heterocycles. The first-order valence-corrected chi connectivity index (χ1v) is 7.70. The fourth-order valence-electron chi connectivity index (χ4n) is 2.18. The molecule has 0 radical (unpaired) electrons. The molecule has 2 N–H and O–H groups in total. The highest BCUT2D eigenvalue weighted by atomic mass is 16.5. The number of aromatic nitrogens is 2. The minimum Gasteiger partial charge on any atom is -0.494 e. The van der Waals surface area contributed by atoms with Crippen molar-refractivity contribution in [2.75, 3.05) is 12.0 Å². The van der Waals surface area contributed by atoms with Gasteiger partial charge in [0.2, 0.25) is 5.91 Å². The molecule has 7 heteroatoms. The molecule has 1 amide bonds. The van der Waals surface area contributed by atoms with Crippen molar-refractivity contribution in [2.24, 2.45) is 13.0 Å². The molecule has 2 aromatic rings. The smallest absolute Gasteiger partial charge is 0.241 e. The van der Waals surface area contributed by atoms with Crippen LogP contribution >= 0.6 is 0 Å². The van der Waals surface area contributed by atoms with Crippen molar-refractivity contribution in [1.29, 1.82) is 5.26 Å². The minimum absolute atomic E-state index is 0.172. The van der Waals surface area contributed by atoms with E-state index in [4.69, 9.17) is 10.00 Å². The average Bonchev–Trinajstić information content (AvgIpc) is 2.86. The number of ether oxygens (including phenoxy) is 1. The van der Waals surface area contributed by atoms with E-state index >= 15 is 0 Å². The second-order valence-electron chi connectivity index (χ2n) is 5.51. The van der Waals surface area contributed by atoms with Gasteiger partial charge >= 0.3 is 0 Å². The topological polar surface area (TPSA) is 92.0 Å². The van der Waals surface area contributed by atoms with Gasteiger partial charge < -0.3 is 4.74 Å². The second kappa shape index (κ2) is 8.02. The highest BCUT2D eigenvalue weighted by Gasteiger charge is 2.16. The van der Waals surface area contributed by atoms with Gasteiger partial charge in [-0.15, -0.1) is 0 Å². The van der Waals surface area contributed by atoms with Gasteiger partial charge in [0.05, 0.1) is 12.3 Å². The second-order valence-corrected chi connectivity index (χ2v) is 5.51. The van der Waals surface area contributed by atoms with Crippen molar-refractivity contribution >= 4 is 11.7 Å². The normalized spacial score (nSPS) is 11.4. The van der Waals surface area contributed by atoms with Gasteiger partial charge in [-0.3, -0.25) is 20.3 Å². The molecule has 0 bridgehead atoms. The number of hydrazine groups is 1. The number of nitrogens with zero attached hydrogens (tertiary/aromatic N) is 3. The van der Waals surface area contributed by atoms with E-state index in [1.54, 1.807) is 14.0 Å². The fourth-order valence-corrected chi connectivity index (χ4v) is 2.18. The maximum absolute atomic E-state index is 12.1. The third-order valence-electron chi connectivity index (χ3n) is 3.65. The van der Waals surface area contributed by atoms with Crippen LogP contribution in [0.15, 0.2) is 30.3 Å². The fraction of sp³-hybridized carbons (Fsp3) is 0.353. The number of anilines is 1. The van der Waals surface area contributed by atoms with Crippen LogP contribution in [-0.2, 0) is 11.8 Å². The molecule has 0 saturated carbocycles. The SMILES string of the molecule is Cc1nn(C)c(NNC(=O)C(C)CCOc2ccccc2)c1C#N. The summed E-state index contributed by atoms with van der Waals surface area (Å²) in [4.78, 5) is 12.1. The van der Waals surface area contributed by atoms with Crippen LogP contribution in [0.4, 0.5) is 5.82 Å². The van der Waals surface area contributed by atoms with Gasteiger partial charge in [0.15, 0.2) is 5.82 Å². The van der Waals surface area contributed by atoms with Crippen LogP contribution in [0.25, 0.3) is 0 Å². The lowest BCUT2D eigenvalue weighted by Gasteiger charge is -2.14. The first kappa shape index (κ1) is 17.3. The number of amides is 1. The number of carbonyl (C=O) groups is 1. The van der Waals surface area contributed by atoms with E-state index in [9.17, 15) is 4.79 Å². The van der Waals surface area contributed by atoms with Crippen molar-refractivity contribution < 1.29 is 9.53 Å². The van der Waals surface area contributed by atoms with Crippen LogP contribution in [0.1, 0.15) is 24.6 Å². The van der Waals surface area contributed by atoms with E-state index in [2.05, 4.69) is 22.0 Å². The summed E-state index contributed by atoms with van der Waals surface area (Å²) < 4.78 is 7.12. The zero-order valence-corrected chi connectivity index (χ0v) is 14.0. The van der Waals surface area contributed by atoms with Crippen LogP contribution < -0.4 is 15.6 Å². The number of rotatable bonds is 7. The maximum Gasteiger partial charge on any atom is 0.241 e. The number of carbonyl (C=O) groups excluding carboxylic acids is 1. The molecule has 24 heavy (non-hydrogen) atoms. The van der Waals surface area contributed by atoms with E-state index < -0.39 is 0 Å².